The summed E-state index contributed by atoms with van der Waals surface area (Å²) < 4.78 is 6.41. The van der Waals surface area contributed by atoms with E-state index in [4.69, 9.17) is 4.42 Å². The van der Waals surface area contributed by atoms with E-state index in [9.17, 15) is 0 Å². The van der Waals surface area contributed by atoms with Gasteiger partial charge in [0.05, 0.1) is 16.4 Å². The molecule has 0 amide bonds. The lowest BCUT2D eigenvalue weighted by Gasteiger charge is -2.15. The predicted octanol–water partition coefficient (Wildman–Crippen LogP) is 2.53. The lowest BCUT2D eigenvalue weighted by atomic mass is 10.1. The highest BCUT2D eigenvalue weighted by Gasteiger charge is 2.19. The van der Waals surface area contributed by atoms with E-state index in [0.717, 1.165) is 22.5 Å². The fraction of sp³-hybridized carbons (Fsp3) is 0.273. The number of furan rings is 1. The maximum absolute atomic E-state index is 5.46. The third-order valence-corrected chi connectivity index (χ3v) is 2.87. The molecule has 0 aliphatic heterocycles. The zero-order valence-electron chi connectivity index (χ0n) is 8.85. The van der Waals surface area contributed by atoms with Crippen LogP contribution in [0.1, 0.15) is 24.4 Å². The first kappa shape index (κ1) is 11.3. The minimum Gasteiger partial charge on any atom is -0.466 e. The molecule has 16 heavy (non-hydrogen) atoms. The predicted molar refractivity (Wildman–Crippen MR) is 64.0 cm³/mol. The molecular weight excluding hydrogens is 270 g/mol. The molecule has 2 aromatic heterocycles. The van der Waals surface area contributed by atoms with Crippen LogP contribution in [-0.4, -0.2) is 16.5 Å². The average molecular weight is 282 g/mol. The van der Waals surface area contributed by atoms with Crippen molar-refractivity contribution >= 4 is 15.9 Å². The maximum Gasteiger partial charge on any atom is 0.140 e. The topological polar surface area (TPSA) is 51.0 Å². The van der Waals surface area contributed by atoms with Gasteiger partial charge in [-0.3, -0.25) is 0 Å². The Bertz CT molecular complexity index is 444. The first-order valence-corrected chi connectivity index (χ1v) is 5.84. The second-order valence-corrected chi connectivity index (χ2v) is 4.11. The molecule has 0 bridgehead atoms. The summed E-state index contributed by atoms with van der Waals surface area (Å²) in [7, 11) is 0. The van der Waals surface area contributed by atoms with E-state index in [2.05, 4.69) is 31.2 Å². The number of halogens is 1. The van der Waals surface area contributed by atoms with Crippen LogP contribution in [0.15, 0.2) is 39.8 Å². The number of hydrogen-bond donors (Lipinski definition) is 1. The summed E-state index contributed by atoms with van der Waals surface area (Å²) in [5.74, 6) is 0.834. The van der Waals surface area contributed by atoms with Crippen molar-refractivity contribution in [2.45, 2.75) is 13.0 Å². The molecule has 0 spiro atoms. The number of nitrogens with zero attached hydrogens (tertiary/aromatic N) is 2. The fourth-order valence-electron chi connectivity index (χ4n) is 1.52. The Morgan fingerprint density at radius 3 is 2.94 bits per heavy atom. The smallest absolute Gasteiger partial charge is 0.140 e. The number of aromatic nitrogens is 2. The molecule has 0 saturated heterocycles. The Hall–Kier alpha value is -1.20. The van der Waals surface area contributed by atoms with E-state index in [0.29, 0.717) is 0 Å². The Kier molecular flexibility index (Phi) is 3.69. The summed E-state index contributed by atoms with van der Waals surface area (Å²) >= 11 is 3.46. The lowest BCUT2D eigenvalue weighted by Crippen LogP contribution is -2.22. The summed E-state index contributed by atoms with van der Waals surface area (Å²) in [4.78, 5) is 8.15. The summed E-state index contributed by atoms with van der Waals surface area (Å²) in [5, 5.41) is 3.33. The molecule has 2 heterocycles. The van der Waals surface area contributed by atoms with E-state index in [1.807, 2.05) is 19.1 Å². The van der Waals surface area contributed by atoms with E-state index < -0.39 is 0 Å². The maximum atomic E-state index is 5.46. The van der Waals surface area contributed by atoms with E-state index >= 15 is 0 Å². The van der Waals surface area contributed by atoms with Gasteiger partial charge in [-0.2, -0.15) is 0 Å². The fourth-order valence-corrected chi connectivity index (χ4v) is 1.95. The Morgan fingerprint density at radius 1 is 1.50 bits per heavy atom. The van der Waals surface area contributed by atoms with E-state index in [1.54, 1.807) is 12.5 Å². The van der Waals surface area contributed by atoms with E-state index in [1.165, 1.54) is 6.33 Å². The van der Waals surface area contributed by atoms with Crippen LogP contribution in [0.25, 0.3) is 0 Å². The number of hydrogen-bond acceptors (Lipinski definition) is 4. The van der Waals surface area contributed by atoms with Crippen molar-refractivity contribution in [1.82, 2.24) is 15.3 Å². The second kappa shape index (κ2) is 5.23. The van der Waals surface area contributed by atoms with Gasteiger partial charge >= 0.3 is 0 Å². The molecule has 0 radical (unpaired) electrons. The monoisotopic (exact) mass is 281 g/mol. The zero-order chi connectivity index (χ0) is 11.4. The molecule has 2 aromatic rings. The number of nitrogens with one attached hydrogen (secondary N) is 1. The Labute approximate surface area is 102 Å². The van der Waals surface area contributed by atoms with Crippen molar-refractivity contribution in [2.75, 3.05) is 6.54 Å². The SMILES string of the molecule is CCNC(c1ccncn1)c1occc1Br. The highest BCUT2D eigenvalue weighted by Crippen LogP contribution is 2.28. The molecule has 0 aliphatic rings. The van der Waals surface area contributed by atoms with Crippen molar-refractivity contribution in [3.05, 3.63) is 46.8 Å². The molecule has 0 aromatic carbocycles. The molecule has 1 atom stereocenters. The van der Waals surface area contributed by atoms with Gasteiger partial charge in [-0.25, -0.2) is 9.97 Å². The summed E-state index contributed by atoms with van der Waals surface area (Å²) in [6, 6.07) is 3.71. The molecule has 0 fully saturated rings. The largest absolute Gasteiger partial charge is 0.466 e. The van der Waals surface area contributed by atoms with Gasteiger partial charge in [-0.15, -0.1) is 0 Å². The zero-order valence-corrected chi connectivity index (χ0v) is 10.4. The molecule has 1 unspecified atom stereocenters. The summed E-state index contributed by atoms with van der Waals surface area (Å²) in [6.07, 6.45) is 4.92. The van der Waals surface area contributed by atoms with Gasteiger partial charge in [0.25, 0.3) is 0 Å². The van der Waals surface area contributed by atoms with Crippen molar-refractivity contribution in [1.29, 1.82) is 0 Å². The molecule has 0 aliphatic carbocycles. The van der Waals surface area contributed by atoms with Crippen molar-refractivity contribution in [2.24, 2.45) is 0 Å². The van der Waals surface area contributed by atoms with Gasteiger partial charge in [0, 0.05) is 6.20 Å². The molecule has 2 rings (SSSR count). The average Bonchev–Trinajstić information content (AvgIpc) is 2.73. The van der Waals surface area contributed by atoms with Crippen LogP contribution in [0.3, 0.4) is 0 Å². The van der Waals surface area contributed by atoms with Crippen LogP contribution in [0.2, 0.25) is 0 Å². The molecule has 0 saturated carbocycles. The van der Waals surface area contributed by atoms with Gasteiger partial charge in [0.1, 0.15) is 18.1 Å². The van der Waals surface area contributed by atoms with E-state index in [-0.39, 0.29) is 6.04 Å². The highest BCUT2D eigenvalue weighted by atomic mass is 79.9. The van der Waals surface area contributed by atoms with Crippen LogP contribution in [-0.2, 0) is 0 Å². The third kappa shape index (κ3) is 2.31. The molecular formula is C11H12BrN3O. The molecule has 84 valence electrons. The van der Waals surface area contributed by atoms with Gasteiger partial charge in [-0.05, 0) is 34.6 Å². The molecule has 5 heteroatoms. The second-order valence-electron chi connectivity index (χ2n) is 3.26. The van der Waals surface area contributed by atoms with Crippen molar-refractivity contribution in [3.8, 4) is 0 Å². The van der Waals surface area contributed by atoms with Gasteiger partial charge in [0.2, 0.25) is 0 Å². The van der Waals surface area contributed by atoms with Gasteiger partial charge in [-0.1, -0.05) is 6.92 Å². The first-order chi connectivity index (χ1) is 7.83. The minimum absolute atomic E-state index is 0.0441. The van der Waals surface area contributed by atoms with Crippen LogP contribution in [0, 0.1) is 0 Å². The standard InChI is InChI=1S/C11H12BrN3O/c1-2-14-10(9-3-5-13-7-15-9)11-8(12)4-6-16-11/h3-7,10,14H,2H2,1H3. The van der Waals surface area contributed by atoms with Gasteiger partial charge in [0.15, 0.2) is 0 Å². The summed E-state index contributed by atoms with van der Waals surface area (Å²) in [6.45, 7) is 2.88. The van der Waals surface area contributed by atoms with Crippen molar-refractivity contribution < 1.29 is 4.42 Å². The van der Waals surface area contributed by atoms with Gasteiger partial charge < -0.3 is 9.73 Å². The minimum atomic E-state index is -0.0441. The summed E-state index contributed by atoms with van der Waals surface area (Å²) in [5.41, 5.74) is 0.896. The Balaban J connectivity index is 2.35. The highest BCUT2D eigenvalue weighted by molar-refractivity contribution is 9.10. The molecule has 1 N–H and O–H groups in total. The molecule has 4 nitrogen and oxygen atoms in total. The lowest BCUT2D eigenvalue weighted by molar-refractivity contribution is 0.444. The Morgan fingerprint density at radius 2 is 2.38 bits per heavy atom. The third-order valence-electron chi connectivity index (χ3n) is 2.22. The number of rotatable bonds is 4. The quantitative estimate of drug-likeness (QED) is 0.936. The van der Waals surface area contributed by atoms with Crippen LogP contribution < -0.4 is 5.32 Å². The first-order valence-electron chi connectivity index (χ1n) is 5.05. The van der Waals surface area contributed by atoms with Crippen LogP contribution >= 0.6 is 15.9 Å². The normalized spacial score (nSPS) is 12.6. The van der Waals surface area contributed by atoms with Crippen molar-refractivity contribution in [3.63, 3.8) is 0 Å². The van der Waals surface area contributed by atoms with Crippen LogP contribution in [0.4, 0.5) is 0 Å². The van der Waals surface area contributed by atoms with Crippen LogP contribution in [0.5, 0.6) is 0 Å².